The van der Waals surface area contributed by atoms with E-state index in [1.165, 1.54) is 83.1 Å². The van der Waals surface area contributed by atoms with Gasteiger partial charge in [0.2, 0.25) is 0 Å². The molecule has 3 aliphatic rings. The maximum absolute atomic E-state index is 6.85. The molecule has 320 valence electrons. The first-order valence-electron chi connectivity index (χ1n) is 23.7. The average Bonchev–Trinajstić information content (AvgIpc) is 3.97. The molecule has 67 heavy (non-hydrogen) atoms. The Kier molecular flexibility index (Phi) is 7.62. The summed E-state index contributed by atoms with van der Waals surface area (Å²) in [5.41, 5.74) is 21.8. The molecular weight excluding hydrogens is 813 g/mol. The molecular formula is C65H48O2. The molecule has 1 spiro atoms. The standard InChI is InChI=1S/C65H48O2/c1-63(2,3)40-24-28-47-48-29-25-41(64(4,5)6)36-56(48)65(55(47)35-40)53-19-10-9-15-45(53)46-26-22-39(34-54(46)65)42-30-32-59-61-49(42)17-11-18-50(61)52-33-38(23-31-57(52)66-59)43-16-12-20-58-60(43)51-27-21-37-13-7-8-14-44(37)62(51)67-58/h7-36H,1-6H3. The van der Waals surface area contributed by atoms with Crippen molar-refractivity contribution in [2.75, 3.05) is 0 Å². The highest BCUT2D eigenvalue weighted by Crippen LogP contribution is 2.64. The molecule has 1 aliphatic heterocycles. The fraction of sp³-hybridized carbons (Fsp3) is 0.138. The molecule has 2 nitrogen and oxygen atoms in total. The summed E-state index contributed by atoms with van der Waals surface area (Å²) in [4.78, 5) is 0. The summed E-state index contributed by atoms with van der Waals surface area (Å²) in [5, 5.41) is 6.89. The van der Waals surface area contributed by atoms with Crippen molar-refractivity contribution < 1.29 is 9.15 Å². The Hall–Kier alpha value is -7.68. The van der Waals surface area contributed by atoms with E-state index in [0.717, 1.165) is 60.9 Å². The van der Waals surface area contributed by atoms with Gasteiger partial charge in [0.25, 0.3) is 0 Å². The molecule has 0 amide bonds. The van der Waals surface area contributed by atoms with E-state index in [2.05, 4.69) is 224 Å². The van der Waals surface area contributed by atoms with Gasteiger partial charge in [0.1, 0.15) is 22.7 Å². The zero-order valence-corrected chi connectivity index (χ0v) is 38.6. The van der Waals surface area contributed by atoms with Crippen LogP contribution in [0.5, 0.6) is 11.5 Å². The van der Waals surface area contributed by atoms with Crippen LogP contribution in [0.15, 0.2) is 186 Å². The third-order valence-corrected chi connectivity index (χ3v) is 15.4. The first-order valence-corrected chi connectivity index (χ1v) is 23.7. The van der Waals surface area contributed by atoms with E-state index >= 15 is 0 Å². The highest BCUT2D eigenvalue weighted by molar-refractivity contribution is 6.19. The molecule has 0 radical (unpaired) electrons. The lowest BCUT2D eigenvalue weighted by atomic mass is 9.68. The van der Waals surface area contributed by atoms with Gasteiger partial charge in [-0.2, -0.15) is 0 Å². The Balaban J connectivity index is 0.963. The topological polar surface area (TPSA) is 22.4 Å². The Morgan fingerprint density at radius 3 is 1.72 bits per heavy atom. The Morgan fingerprint density at radius 1 is 0.358 bits per heavy atom. The van der Waals surface area contributed by atoms with Crippen molar-refractivity contribution in [2.45, 2.75) is 57.8 Å². The number of furan rings is 1. The van der Waals surface area contributed by atoms with Gasteiger partial charge in [-0.25, -0.2) is 0 Å². The lowest BCUT2D eigenvalue weighted by Gasteiger charge is -2.33. The maximum Gasteiger partial charge on any atom is 0.143 e. The molecule has 0 saturated heterocycles. The largest absolute Gasteiger partial charge is 0.456 e. The fourth-order valence-corrected chi connectivity index (χ4v) is 12.1. The highest BCUT2D eigenvalue weighted by Gasteiger charge is 2.52. The van der Waals surface area contributed by atoms with Crippen molar-refractivity contribution in [2.24, 2.45) is 0 Å². The third-order valence-electron chi connectivity index (χ3n) is 15.4. The molecule has 0 bridgehead atoms. The third kappa shape index (κ3) is 5.22. The van der Waals surface area contributed by atoms with Gasteiger partial charge >= 0.3 is 0 Å². The Bertz CT molecular complexity index is 3910. The lowest BCUT2D eigenvalue weighted by Crippen LogP contribution is -2.27. The van der Waals surface area contributed by atoms with Crippen LogP contribution in [0.1, 0.15) is 74.9 Å². The van der Waals surface area contributed by atoms with E-state index in [9.17, 15) is 0 Å². The maximum atomic E-state index is 6.85. The second kappa shape index (κ2) is 13.2. The second-order valence-electron chi connectivity index (χ2n) is 21.2. The summed E-state index contributed by atoms with van der Waals surface area (Å²) in [5.74, 6) is 1.75. The van der Waals surface area contributed by atoms with Crippen LogP contribution in [-0.2, 0) is 16.2 Å². The smallest absolute Gasteiger partial charge is 0.143 e. The van der Waals surface area contributed by atoms with Gasteiger partial charge in [-0.1, -0.05) is 187 Å². The predicted octanol–water partition coefficient (Wildman–Crippen LogP) is 17.9. The van der Waals surface area contributed by atoms with Crippen LogP contribution in [0, 0.1) is 0 Å². The molecule has 0 unspecified atom stereocenters. The zero-order valence-electron chi connectivity index (χ0n) is 38.6. The monoisotopic (exact) mass is 860 g/mol. The van der Waals surface area contributed by atoms with Crippen LogP contribution in [0.25, 0.3) is 99.1 Å². The minimum atomic E-state index is -0.476. The Labute approximate surface area is 391 Å². The first kappa shape index (κ1) is 38.6. The zero-order chi connectivity index (χ0) is 45.1. The van der Waals surface area contributed by atoms with Gasteiger partial charge in [-0.05, 0) is 141 Å². The summed E-state index contributed by atoms with van der Waals surface area (Å²) in [6.07, 6.45) is 0. The van der Waals surface area contributed by atoms with E-state index < -0.39 is 5.41 Å². The Morgan fingerprint density at radius 2 is 0.940 bits per heavy atom. The number of benzene rings is 10. The van der Waals surface area contributed by atoms with Crippen molar-refractivity contribution in [3.8, 4) is 67.1 Å². The van der Waals surface area contributed by atoms with Gasteiger partial charge in [0.15, 0.2) is 0 Å². The fourth-order valence-electron chi connectivity index (χ4n) is 12.1. The molecule has 2 heteroatoms. The van der Waals surface area contributed by atoms with Crippen LogP contribution in [-0.4, -0.2) is 0 Å². The summed E-state index contributed by atoms with van der Waals surface area (Å²) in [7, 11) is 0. The van der Waals surface area contributed by atoms with Crippen molar-refractivity contribution in [3.05, 3.63) is 215 Å². The summed E-state index contributed by atoms with van der Waals surface area (Å²) >= 11 is 0. The summed E-state index contributed by atoms with van der Waals surface area (Å²) in [6, 6.07) is 68.2. The molecule has 0 N–H and O–H groups in total. The quantitative estimate of drug-likeness (QED) is 0.173. The lowest BCUT2D eigenvalue weighted by molar-refractivity contribution is 0.487. The summed E-state index contributed by atoms with van der Waals surface area (Å²) in [6.45, 7) is 14.0. The van der Waals surface area contributed by atoms with E-state index in [-0.39, 0.29) is 10.8 Å². The molecule has 14 rings (SSSR count). The predicted molar refractivity (Wildman–Crippen MR) is 279 cm³/mol. The molecule has 11 aromatic rings. The molecule has 0 atom stereocenters. The van der Waals surface area contributed by atoms with Gasteiger partial charge < -0.3 is 9.15 Å². The number of ether oxygens (including phenoxy) is 1. The number of hydrogen-bond donors (Lipinski definition) is 0. The van der Waals surface area contributed by atoms with E-state index in [4.69, 9.17) is 9.15 Å². The van der Waals surface area contributed by atoms with Gasteiger partial charge in [0, 0.05) is 27.1 Å². The molecule has 2 heterocycles. The minimum absolute atomic E-state index is 0.00846. The molecule has 0 saturated carbocycles. The van der Waals surface area contributed by atoms with Crippen molar-refractivity contribution in [1.82, 2.24) is 0 Å². The van der Waals surface area contributed by atoms with E-state index in [0.29, 0.717) is 0 Å². The van der Waals surface area contributed by atoms with E-state index in [1.54, 1.807) is 0 Å². The minimum Gasteiger partial charge on any atom is -0.456 e. The highest BCUT2D eigenvalue weighted by atomic mass is 16.5. The van der Waals surface area contributed by atoms with E-state index in [1.807, 2.05) is 0 Å². The first-order chi connectivity index (χ1) is 32.5. The number of rotatable bonds is 2. The SMILES string of the molecule is CC(C)(C)c1ccc2c(c1)C1(c3ccccc3-c3ccc(-c4ccc5c6c(cccc46)-c4cc(-c6cccc7oc8c9ccccc9ccc8c67)ccc4O5)cc31)c1cc(C(C)(C)C)ccc1-2. The average molecular weight is 861 g/mol. The second-order valence-corrected chi connectivity index (χ2v) is 21.2. The van der Waals surface area contributed by atoms with Crippen LogP contribution < -0.4 is 4.74 Å². The molecule has 0 fully saturated rings. The van der Waals surface area contributed by atoms with Crippen LogP contribution in [0.2, 0.25) is 0 Å². The van der Waals surface area contributed by atoms with Crippen LogP contribution >= 0.6 is 0 Å². The molecule has 1 aromatic heterocycles. The van der Waals surface area contributed by atoms with Crippen LogP contribution in [0.3, 0.4) is 0 Å². The van der Waals surface area contributed by atoms with Gasteiger partial charge in [-0.15, -0.1) is 0 Å². The van der Waals surface area contributed by atoms with Gasteiger partial charge in [-0.3, -0.25) is 0 Å². The molecule has 2 aliphatic carbocycles. The number of fused-ring (bicyclic) bond motifs is 17. The van der Waals surface area contributed by atoms with Crippen molar-refractivity contribution in [3.63, 3.8) is 0 Å². The van der Waals surface area contributed by atoms with Crippen molar-refractivity contribution in [1.29, 1.82) is 0 Å². The molecule has 10 aromatic carbocycles. The van der Waals surface area contributed by atoms with Crippen LogP contribution in [0.4, 0.5) is 0 Å². The van der Waals surface area contributed by atoms with Crippen molar-refractivity contribution >= 4 is 43.5 Å². The summed E-state index contributed by atoms with van der Waals surface area (Å²) < 4.78 is 13.5. The normalized spacial score (nSPS) is 14.1. The number of hydrogen-bond acceptors (Lipinski definition) is 2. The van der Waals surface area contributed by atoms with Gasteiger partial charge in [0.05, 0.1) is 5.41 Å².